The highest BCUT2D eigenvalue weighted by Crippen LogP contribution is 2.47. The molecule has 1 aliphatic carbocycles. The maximum Gasteiger partial charge on any atom is 0.255 e. The Bertz CT molecular complexity index is 495. The highest BCUT2D eigenvalue weighted by molar-refractivity contribution is 5.99. The van der Waals surface area contributed by atoms with Gasteiger partial charge in [-0.15, -0.1) is 0 Å². The van der Waals surface area contributed by atoms with Gasteiger partial charge in [0.15, 0.2) is 5.75 Å². The number of hydrogen-bond acceptors (Lipinski definition) is 3. The zero-order chi connectivity index (χ0) is 13.3. The monoisotopic (exact) mass is 260 g/mol. The molecule has 1 fully saturated rings. The van der Waals surface area contributed by atoms with Crippen molar-refractivity contribution < 1.29 is 9.53 Å². The maximum absolute atomic E-state index is 12.3. The number of ether oxygens (including phenoxy) is 1. The summed E-state index contributed by atoms with van der Waals surface area (Å²) in [5, 5.41) is 6.30. The van der Waals surface area contributed by atoms with Crippen molar-refractivity contribution >= 4 is 11.6 Å². The molecule has 0 bridgehead atoms. The zero-order valence-corrected chi connectivity index (χ0v) is 11.3. The SMILES string of the molecule is CCC1(CNC(=O)c2cccc3c2OCCN3)CC1. The van der Waals surface area contributed by atoms with E-state index < -0.39 is 0 Å². The first-order valence-corrected chi connectivity index (χ1v) is 7.02. The van der Waals surface area contributed by atoms with Crippen LogP contribution in [0.4, 0.5) is 5.69 Å². The van der Waals surface area contributed by atoms with Gasteiger partial charge in [0.2, 0.25) is 0 Å². The number of carbonyl (C=O) groups is 1. The van der Waals surface area contributed by atoms with E-state index in [9.17, 15) is 4.79 Å². The van der Waals surface area contributed by atoms with Crippen molar-refractivity contribution in [1.29, 1.82) is 0 Å². The lowest BCUT2D eigenvalue weighted by Crippen LogP contribution is -2.31. The van der Waals surface area contributed by atoms with Gasteiger partial charge in [-0.05, 0) is 36.8 Å². The summed E-state index contributed by atoms with van der Waals surface area (Å²) in [5.41, 5.74) is 1.91. The fourth-order valence-electron chi connectivity index (χ4n) is 2.54. The lowest BCUT2D eigenvalue weighted by molar-refractivity contribution is 0.0940. The first kappa shape index (κ1) is 12.3. The van der Waals surface area contributed by atoms with Crippen LogP contribution in [0.5, 0.6) is 5.75 Å². The molecule has 1 aromatic carbocycles. The van der Waals surface area contributed by atoms with E-state index in [0.29, 0.717) is 23.3 Å². The molecular weight excluding hydrogens is 240 g/mol. The molecule has 102 valence electrons. The van der Waals surface area contributed by atoms with Crippen molar-refractivity contribution in [2.45, 2.75) is 26.2 Å². The van der Waals surface area contributed by atoms with Crippen LogP contribution in [0, 0.1) is 5.41 Å². The molecule has 2 aliphatic rings. The summed E-state index contributed by atoms with van der Waals surface area (Å²) in [7, 11) is 0. The average Bonchev–Trinajstić information content (AvgIpc) is 3.25. The molecule has 0 aromatic heterocycles. The third kappa shape index (κ3) is 2.39. The van der Waals surface area contributed by atoms with Crippen molar-refractivity contribution in [3.05, 3.63) is 23.8 Å². The van der Waals surface area contributed by atoms with Gasteiger partial charge in [-0.2, -0.15) is 0 Å². The van der Waals surface area contributed by atoms with Gasteiger partial charge >= 0.3 is 0 Å². The summed E-state index contributed by atoms with van der Waals surface area (Å²) < 4.78 is 5.63. The minimum absolute atomic E-state index is 0.0275. The maximum atomic E-state index is 12.3. The zero-order valence-electron chi connectivity index (χ0n) is 11.3. The first-order valence-electron chi connectivity index (χ1n) is 7.02. The third-order valence-corrected chi connectivity index (χ3v) is 4.25. The van der Waals surface area contributed by atoms with E-state index in [-0.39, 0.29) is 5.91 Å². The third-order valence-electron chi connectivity index (χ3n) is 4.25. The normalized spacial score (nSPS) is 18.8. The molecule has 0 saturated heterocycles. The number of amides is 1. The highest BCUT2D eigenvalue weighted by atomic mass is 16.5. The van der Waals surface area contributed by atoms with Crippen molar-refractivity contribution in [2.24, 2.45) is 5.41 Å². The summed E-state index contributed by atoms with van der Waals surface area (Å²) in [4.78, 5) is 12.3. The predicted molar refractivity (Wildman–Crippen MR) is 74.7 cm³/mol. The number of carbonyl (C=O) groups excluding carboxylic acids is 1. The van der Waals surface area contributed by atoms with Gasteiger partial charge < -0.3 is 15.4 Å². The van der Waals surface area contributed by atoms with Gasteiger partial charge in [0.05, 0.1) is 11.3 Å². The Hall–Kier alpha value is -1.71. The molecule has 0 radical (unpaired) electrons. The molecule has 0 atom stereocenters. The van der Waals surface area contributed by atoms with E-state index in [1.807, 2.05) is 18.2 Å². The second kappa shape index (κ2) is 4.76. The number of para-hydroxylation sites is 1. The van der Waals surface area contributed by atoms with Crippen LogP contribution in [0.2, 0.25) is 0 Å². The van der Waals surface area contributed by atoms with Crippen LogP contribution < -0.4 is 15.4 Å². The summed E-state index contributed by atoms with van der Waals surface area (Å²) >= 11 is 0. The smallest absolute Gasteiger partial charge is 0.255 e. The molecule has 1 saturated carbocycles. The van der Waals surface area contributed by atoms with Crippen LogP contribution in [0.25, 0.3) is 0 Å². The van der Waals surface area contributed by atoms with Gasteiger partial charge in [-0.3, -0.25) is 4.79 Å². The molecule has 0 spiro atoms. The van der Waals surface area contributed by atoms with Crippen molar-refractivity contribution in [1.82, 2.24) is 5.32 Å². The summed E-state index contributed by atoms with van der Waals surface area (Å²) in [5.74, 6) is 0.660. The minimum atomic E-state index is -0.0275. The number of fused-ring (bicyclic) bond motifs is 1. The number of rotatable bonds is 4. The molecular formula is C15H20N2O2. The molecule has 4 nitrogen and oxygen atoms in total. The summed E-state index contributed by atoms with van der Waals surface area (Å²) in [6.07, 6.45) is 3.60. The van der Waals surface area contributed by atoms with Crippen molar-refractivity contribution in [2.75, 3.05) is 25.0 Å². The summed E-state index contributed by atoms with van der Waals surface area (Å²) in [6.45, 7) is 4.36. The van der Waals surface area contributed by atoms with E-state index in [2.05, 4.69) is 17.6 Å². The number of anilines is 1. The highest BCUT2D eigenvalue weighted by Gasteiger charge is 2.40. The molecule has 1 aliphatic heterocycles. The quantitative estimate of drug-likeness (QED) is 0.874. The Morgan fingerprint density at radius 3 is 3.05 bits per heavy atom. The van der Waals surface area contributed by atoms with Crippen LogP contribution in [0.1, 0.15) is 36.5 Å². The fraction of sp³-hybridized carbons (Fsp3) is 0.533. The van der Waals surface area contributed by atoms with Gasteiger partial charge in [0.1, 0.15) is 6.61 Å². The minimum Gasteiger partial charge on any atom is -0.489 e. The number of nitrogens with one attached hydrogen (secondary N) is 2. The van der Waals surface area contributed by atoms with Crippen molar-refractivity contribution in [3.8, 4) is 5.75 Å². The van der Waals surface area contributed by atoms with Gasteiger partial charge in [-0.1, -0.05) is 13.0 Å². The van der Waals surface area contributed by atoms with Crippen LogP contribution >= 0.6 is 0 Å². The second-order valence-corrected chi connectivity index (χ2v) is 5.49. The van der Waals surface area contributed by atoms with Crippen LogP contribution in [0.15, 0.2) is 18.2 Å². The van der Waals surface area contributed by atoms with Gasteiger partial charge in [0.25, 0.3) is 5.91 Å². The van der Waals surface area contributed by atoms with Crippen molar-refractivity contribution in [3.63, 3.8) is 0 Å². The van der Waals surface area contributed by atoms with E-state index >= 15 is 0 Å². The summed E-state index contributed by atoms with van der Waals surface area (Å²) in [6, 6.07) is 5.66. The number of hydrogen-bond donors (Lipinski definition) is 2. The van der Waals surface area contributed by atoms with E-state index in [1.54, 1.807) is 0 Å². The molecule has 1 heterocycles. The molecule has 0 unspecified atom stereocenters. The molecule has 2 N–H and O–H groups in total. The van der Waals surface area contributed by atoms with Gasteiger partial charge in [-0.25, -0.2) is 0 Å². The topological polar surface area (TPSA) is 50.4 Å². The standard InChI is InChI=1S/C15H20N2O2/c1-2-15(6-7-15)10-17-14(18)11-4-3-5-12-13(11)19-9-8-16-12/h3-5,16H,2,6-10H2,1H3,(H,17,18). The largest absolute Gasteiger partial charge is 0.489 e. The Kier molecular flexibility index (Phi) is 3.09. The Morgan fingerprint density at radius 1 is 1.47 bits per heavy atom. The van der Waals surface area contributed by atoms with E-state index in [1.165, 1.54) is 12.8 Å². The Balaban J connectivity index is 1.73. The Labute approximate surface area is 113 Å². The Morgan fingerprint density at radius 2 is 2.32 bits per heavy atom. The van der Waals surface area contributed by atoms with Crippen LogP contribution in [0.3, 0.4) is 0 Å². The molecule has 1 amide bonds. The first-order chi connectivity index (χ1) is 9.24. The molecule has 3 rings (SSSR count). The molecule has 19 heavy (non-hydrogen) atoms. The van der Waals surface area contributed by atoms with Gasteiger partial charge in [0, 0.05) is 13.1 Å². The number of benzene rings is 1. The second-order valence-electron chi connectivity index (χ2n) is 5.49. The lowest BCUT2D eigenvalue weighted by atomic mass is 10.0. The lowest BCUT2D eigenvalue weighted by Gasteiger charge is -2.22. The van der Waals surface area contributed by atoms with Crippen LogP contribution in [-0.2, 0) is 0 Å². The fourth-order valence-corrected chi connectivity index (χ4v) is 2.54. The van der Waals surface area contributed by atoms with E-state index in [0.717, 1.165) is 25.2 Å². The van der Waals surface area contributed by atoms with Crippen LogP contribution in [-0.4, -0.2) is 25.6 Å². The predicted octanol–water partition coefficient (Wildman–Crippen LogP) is 2.41. The average molecular weight is 260 g/mol. The molecule has 1 aromatic rings. The van der Waals surface area contributed by atoms with E-state index in [4.69, 9.17) is 4.74 Å². The molecule has 4 heteroatoms.